The van der Waals surface area contributed by atoms with Crippen LogP contribution in [0.25, 0.3) is 33.2 Å². The number of nitrogens with two attached hydrogens (primary N) is 1. The zero-order valence-corrected chi connectivity index (χ0v) is 19.0. The van der Waals surface area contributed by atoms with E-state index in [9.17, 15) is 13.9 Å². The molecule has 0 saturated carbocycles. The summed E-state index contributed by atoms with van der Waals surface area (Å²) in [7, 11) is 0. The van der Waals surface area contributed by atoms with Crippen molar-refractivity contribution in [2.24, 2.45) is 5.73 Å². The minimum atomic E-state index is -2.64. The molecule has 0 spiro atoms. The maximum atomic E-state index is 13.5. The van der Waals surface area contributed by atoms with Gasteiger partial charge >= 0.3 is 0 Å². The molecule has 3 heterocycles. The Morgan fingerprint density at radius 3 is 2.47 bits per heavy atom. The molecule has 176 valence electrons. The summed E-state index contributed by atoms with van der Waals surface area (Å²) in [5.41, 5.74) is 12.3. The third-order valence-corrected chi connectivity index (χ3v) is 6.62. The second-order valence-electron chi connectivity index (χ2n) is 8.94. The van der Waals surface area contributed by atoms with Crippen LogP contribution in [0.3, 0.4) is 0 Å². The lowest BCUT2D eigenvalue weighted by Gasteiger charge is -2.35. The van der Waals surface area contributed by atoms with Crippen LogP contribution in [0.2, 0.25) is 0 Å². The van der Waals surface area contributed by atoms with Gasteiger partial charge in [-0.1, -0.05) is 24.3 Å². The van der Waals surface area contributed by atoms with Crippen molar-refractivity contribution in [3.63, 3.8) is 0 Å². The first-order valence-corrected chi connectivity index (χ1v) is 11.4. The van der Waals surface area contributed by atoms with Gasteiger partial charge in [0.1, 0.15) is 17.6 Å². The molecule has 2 aromatic carbocycles. The molecule has 7 heteroatoms. The van der Waals surface area contributed by atoms with E-state index in [4.69, 9.17) is 10.2 Å². The van der Waals surface area contributed by atoms with Crippen LogP contribution in [0.1, 0.15) is 36.0 Å². The highest BCUT2D eigenvalue weighted by Crippen LogP contribution is 2.37. The highest BCUT2D eigenvalue weighted by atomic mass is 19.3. The van der Waals surface area contributed by atoms with Gasteiger partial charge in [-0.25, -0.2) is 8.78 Å². The fourth-order valence-corrected chi connectivity index (χ4v) is 4.57. The fraction of sp³-hybridized carbons (Fsp3) is 0.296. The third-order valence-electron chi connectivity index (χ3n) is 6.62. The maximum Gasteiger partial charge on any atom is 0.250 e. The number of piperidine rings is 1. The SMILES string of the molecule is Cc1ccncc1-c1cc(-c2ccc(C(O)N3CCC(F)(F)CC3)cc2)cc2cc(CN)oc12. The number of alkyl halides is 2. The smallest absolute Gasteiger partial charge is 0.250 e. The Morgan fingerprint density at radius 2 is 1.79 bits per heavy atom. The first kappa shape index (κ1) is 22.7. The van der Waals surface area contributed by atoms with Crippen LogP contribution in [0.5, 0.6) is 0 Å². The number of aryl methyl sites for hydroxylation is 1. The van der Waals surface area contributed by atoms with Crippen LogP contribution in [-0.2, 0) is 6.54 Å². The molecule has 5 nitrogen and oxygen atoms in total. The van der Waals surface area contributed by atoms with Gasteiger partial charge in [-0.3, -0.25) is 9.88 Å². The van der Waals surface area contributed by atoms with E-state index in [1.165, 1.54) is 0 Å². The van der Waals surface area contributed by atoms with E-state index in [0.717, 1.165) is 38.8 Å². The summed E-state index contributed by atoms with van der Waals surface area (Å²) in [4.78, 5) is 5.99. The first-order valence-electron chi connectivity index (χ1n) is 11.4. The molecular weight excluding hydrogens is 436 g/mol. The van der Waals surface area contributed by atoms with Gasteiger partial charge in [0.2, 0.25) is 0 Å². The molecule has 0 radical (unpaired) electrons. The molecular formula is C27H27F2N3O2. The lowest BCUT2D eigenvalue weighted by molar-refractivity contribution is -0.0961. The Morgan fingerprint density at radius 1 is 1.06 bits per heavy atom. The number of aliphatic hydroxyl groups is 1. The Hall–Kier alpha value is -3.13. The van der Waals surface area contributed by atoms with Gasteiger partial charge in [0.15, 0.2) is 0 Å². The van der Waals surface area contributed by atoms with Crippen molar-refractivity contribution in [3.05, 3.63) is 77.8 Å². The van der Waals surface area contributed by atoms with Gasteiger partial charge < -0.3 is 15.3 Å². The quantitative estimate of drug-likeness (QED) is 0.400. The fourth-order valence-electron chi connectivity index (χ4n) is 4.57. The van der Waals surface area contributed by atoms with Gasteiger partial charge in [0.25, 0.3) is 5.92 Å². The highest BCUT2D eigenvalue weighted by Gasteiger charge is 2.36. The van der Waals surface area contributed by atoms with Gasteiger partial charge in [0.05, 0.1) is 6.54 Å². The van der Waals surface area contributed by atoms with Crippen LogP contribution in [0.15, 0.2) is 65.3 Å². The van der Waals surface area contributed by atoms with Crippen LogP contribution >= 0.6 is 0 Å². The standard InChI is InChI=1S/C27H27F2N3O2/c1-17-6-9-31-16-24(17)23-14-20(12-21-13-22(15-30)34-25(21)23)18-2-4-19(5-3-18)26(33)32-10-7-27(28,29)8-11-32/h2-6,9,12-14,16,26,33H,7-8,10-11,15,30H2,1H3. The molecule has 3 N–H and O–H groups in total. The predicted molar refractivity (Wildman–Crippen MR) is 128 cm³/mol. The van der Waals surface area contributed by atoms with Gasteiger partial charge in [-0.05, 0) is 53.4 Å². The lowest BCUT2D eigenvalue weighted by Crippen LogP contribution is -2.41. The van der Waals surface area contributed by atoms with E-state index in [1.807, 2.05) is 49.5 Å². The molecule has 4 aromatic rings. The number of nitrogens with zero attached hydrogens (tertiary/aromatic N) is 2. The number of benzene rings is 2. The molecule has 1 atom stereocenters. The predicted octanol–water partition coefficient (Wildman–Crippen LogP) is 5.65. The van der Waals surface area contributed by atoms with Gasteiger partial charge in [-0.15, -0.1) is 0 Å². The lowest BCUT2D eigenvalue weighted by atomic mass is 9.95. The van der Waals surface area contributed by atoms with Crippen molar-refractivity contribution >= 4 is 11.0 Å². The Bertz CT molecular complexity index is 1310. The average Bonchev–Trinajstić information content (AvgIpc) is 3.27. The molecule has 1 saturated heterocycles. The van der Waals surface area contributed by atoms with Crippen molar-refractivity contribution < 1.29 is 18.3 Å². The van der Waals surface area contributed by atoms with Crippen molar-refractivity contribution in [2.45, 2.75) is 38.5 Å². The van der Waals surface area contributed by atoms with Crippen LogP contribution < -0.4 is 5.73 Å². The Labute approximate surface area is 196 Å². The van der Waals surface area contributed by atoms with Gasteiger partial charge in [-0.2, -0.15) is 0 Å². The number of aliphatic hydroxyl groups excluding tert-OH is 1. The Balaban J connectivity index is 1.49. The largest absolute Gasteiger partial charge is 0.459 e. The molecule has 34 heavy (non-hydrogen) atoms. The minimum absolute atomic E-state index is 0.171. The Kier molecular flexibility index (Phi) is 5.93. The average molecular weight is 464 g/mol. The van der Waals surface area contributed by atoms with E-state index in [-0.39, 0.29) is 25.9 Å². The van der Waals surface area contributed by atoms with E-state index >= 15 is 0 Å². The number of rotatable bonds is 5. The molecule has 0 amide bonds. The number of hydrogen-bond acceptors (Lipinski definition) is 5. The van der Waals surface area contributed by atoms with Crippen molar-refractivity contribution in [1.29, 1.82) is 0 Å². The van der Waals surface area contributed by atoms with Crippen molar-refractivity contribution in [3.8, 4) is 22.3 Å². The first-order chi connectivity index (χ1) is 16.3. The second kappa shape index (κ2) is 8.91. The normalized spacial score (nSPS) is 17.2. The summed E-state index contributed by atoms with van der Waals surface area (Å²) in [6.07, 6.45) is 2.24. The number of halogens is 2. The summed E-state index contributed by atoms with van der Waals surface area (Å²) in [5.74, 6) is -1.93. The van der Waals surface area contributed by atoms with E-state index < -0.39 is 12.2 Å². The molecule has 1 fully saturated rings. The van der Waals surface area contributed by atoms with E-state index in [0.29, 0.717) is 17.9 Å². The number of likely N-dealkylation sites (tertiary alicyclic amines) is 1. The summed E-state index contributed by atoms with van der Waals surface area (Å²) in [6, 6.07) is 15.7. The van der Waals surface area contributed by atoms with Crippen LogP contribution in [0, 0.1) is 6.92 Å². The third kappa shape index (κ3) is 4.34. The van der Waals surface area contributed by atoms with Crippen molar-refractivity contribution in [1.82, 2.24) is 9.88 Å². The maximum absolute atomic E-state index is 13.5. The van der Waals surface area contributed by atoms with Crippen molar-refractivity contribution in [2.75, 3.05) is 13.1 Å². The monoisotopic (exact) mass is 463 g/mol. The number of hydrogen-bond donors (Lipinski definition) is 2. The number of furan rings is 1. The summed E-state index contributed by atoms with van der Waals surface area (Å²) >= 11 is 0. The highest BCUT2D eigenvalue weighted by molar-refractivity contribution is 5.97. The number of aromatic nitrogens is 1. The molecule has 5 rings (SSSR count). The number of fused-ring (bicyclic) bond motifs is 1. The topological polar surface area (TPSA) is 75.5 Å². The number of pyridine rings is 1. The molecule has 0 bridgehead atoms. The molecule has 2 aromatic heterocycles. The molecule has 0 aliphatic carbocycles. The zero-order chi connectivity index (χ0) is 23.9. The van der Waals surface area contributed by atoms with Gasteiger partial charge in [0, 0.05) is 54.8 Å². The molecule has 1 aliphatic rings. The molecule has 1 unspecified atom stereocenters. The van der Waals surface area contributed by atoms with Crippen LogP contribution in [-0.4, -0.2) is 34.0 Å². The molecule has 1 aliphatic heterocycles. The zero-order valence-electron chi connectivity index (χ0n) is 19.0. The van der Waals surface area contributed by atoms with Crippen LogP contribution in [0.4, 0.5) is 8.78 Å². The second-order valence-corrected chi connectivity index (χ2v) is 8.94. The van der Waals surface area contributed by atoms with E-state index in [1.54, 1.807) is 11.1 Å². The van der Waals surface area contributed by atoms with E-state index in [2.05, 4.69) is 17.1 Å². The summed E-state index contributed by atoms with van der Waals surface area (Å²) < 4.78 is 33.0. The minimum Gasteiger partial charge on any atom is -0.459 e. The summed E-state index contributed by atoms with van der Waals surface area (Å²) in [5, 5.41) is 11.7. The summed E-state index contributed by atoms with van der Waals surface area (Å²) in [6.45, 7) is 2.69.